The number of hydrogen-bond donors (Lipinski definition) is 2. The third kappa shape index (κ3) is 4.93. The maximum atomic E-state index is 11.1. The van der Waals surface area contributed by atoms with Crippen molar-refractivity contribution in [2.45, 2.75) is 51.6 Å². The molecule has 0 amide bonds. The quantitative estimate of drug-likeness (QED) is 0.455. The minimum Gasteiger partial charge on any atom is -0.508 e. The second kappa shape index (κ2) is 9.90. The van der Waals surface area contributed by atoms with E-state index in [1.54, 1.807) is 19.9 Å². The Labute approximate surface area is 213 Å². The Morgan fingerprint density at radius 2 is 1.69 bits per heavy atom. The molecule has 1 saturated heterocycles. The Morgan fingerprint density at radius 3 is 2.33 bits per heavy atom. The number of aldehydes is 1. The van der Waals surface area contributed by atoms with Crippen LogP contribution in [0.4, 0.5) is 5.69 Å². The molecule has 0 spiro atoms. The normalized spacial score (nSPS) is 17.0. The molecule has 186 valence electrons. The molecule has 5 rings (SSSR count). The first-order valence-corrected chi connectivity index (χ1v) is 12.9. The second-order valence-corrected chi connectivity index (χ2v) is 10.5. The number of fused-ring (bicyclic) bond motifs is 1. The molecular formula is C31H34N2O3. The first-order chi connectivity index (χ1) is 17.3. The van der Waals surface area contributed by atoms with Crippen molar-refractivity contribution in [3.63, 3.8) is 0 Å². The highest BCUT2D eigenvalue weighted by molar-refractivity contribution is 6.00. The minimum absolute atomic E-state index is 0.184. The van der Waals surface area contributed by atoms with Crippen LogP contribution in [0.1, 0.15) is 67.5 Å². The average Bonchev–Trinajstić information content (AvgIpc) is 3.07. The van der Waals surface area contributed by atoms with Gasteiger partial charge in [0, 0.05) is 30.9 Å². The highest BCUT2D eigenvalue weighted by Gasteiger charge is 2.23. The molecular weight excluding hydrogens is 448 g/mol. The summed E-state index contributed by atoms with van der Waals surface area (Å²) in [5.41, 5.74) is 7.74. The van der Waals surface area contributed by atoms with Gasteiger partial charge in [0.1, 0.15) is 17.6 Å². The Bertz CT molecular complexity index is 1260. The highest BCUT2D eigenvalue weighted by atomic mass is 16.3. The number of hydrogen-bond acceptors (Lipinski definition) is 5. The molecule has 5 heteroatoms. The van der Waals surface area contributed by atoms with E-state index in [1.807, 2.05) is 24.4 Å². The molecule has 5 nitrogen and oxygen atoms in total. The number of aromatic nitrogens is 1. The zero-order valence-corrected chi connectivity index (χ0v) is 21.1. The minimum atomic E-state index is -0.987. The molecule has 2 N–H and O–H groups in total. The molecule has 1 fully saturated rings. The van der Waals surface area contributed by atoms with Crippen LogP contribution in [0.3, 0.4) is 0 Å². The van der Waals surface area contributed by atoms with Crippen LogP contribution in [0.2, 0.25) is 0 Å². The largest absolute Gasteiger partial charge is 0.508 e. The summed E-state index contributed by atoms with van der Waals surface area (Å²) in [5, 5.41) is 20.5. The van der Waals surface area contributed by atoms with Crippen molar-refractivity contribution in [3.8, 4) is 5.75 Å². The van der Waals surface area contributed by atoms with Crippen LogP contribution in [0, 0.1) is 5.92 Å². The van der Waals surface area contributed by atoms with Crippen molar-refractivity contribution in [2.75, 3.05) is 18.0 Å². The van der Waals surface area contributed by atoms with Crippen LogP contribution in [0.5, 0.6) is 5.75 Å². The number of anilines is 1. The number of rotatable bonds is 5. The van der Waals surface area contributed by atoms with Crippen LogP contribution >= 0.6 is 0 Å². The lowest BCUT2D eigenvalue weighted by atomic mass is 9.88. The molecule has 1 aliphatic heterocycles. The average molecular weight is 483 g/mol. The first kappa shape index (κ1) is 24.3. The van der Waals surface area contributed by atoms with Gasteiger partial charge in [-0.05, 0) is 110 Å². The number of piperidine rings is 1. The van der Waals surface area contributed by atoms with E-state index in [-0.39, 0.29) is 5.92 Å². The molecule has 2 aromatic carbocycles. The number of aryl methyl sites for hydroxylation is 1. The van der Waals surface area contributed by atoms with Gasteiger partial charge < -0.3 is 19.9 Å². The number of phenolic OH excluding ortho intramolecular Hbond substituents is 1. The van der Waals surface area contributed by atoms with Crippen molar-refractivity contribution in [1.82, 2.24) is 4.98 Å². The van der Waals surface area contributed by atoms with Gasteiger partial charge in [0.25, 0.3) is 0 Å². The maximum Gasteiger partial charge on any atom is 0.123 e. The summed E-state index contributed by atoms with van der Waals surface area (Å²) in [6, 6.07) is 18.4. The van der Waals surface area contributed by atoms with E-state index < -0.39 is 5.60 Å². The Kier molecular flexibility index (Phi) is 6.67. The van der Waals surface area contributed by atoms with Crippen molar-refractivity contribution >= 4 is 23.1 Å². The highest BCUT2D eigenvalue weighted by Crippen LogP contribution is 2.41. The summed E-state index contributed by atoms with van der Waals surface area (Å²) in [5.74, 6) is 0.477. The predicted molar refractivity (Wildman–Crippen MR) is 144 cm³/mol. The van der Waals surface area contributed by atoms with E-state index in [9.17, 15) is 15.0 Å². The number of phenols is 1. The van der Waals surface area contributed by atoms with Gasteiger partial charge in [0.05, 0.1) is 5.69 Å². The number of benzene rings is 2. The molecule has 2 heterocycles. The summed E-state index contributed by atoms with van der Waals surface area (Å²) >= 11 is 0. The molecule has 2 aliphatic rings. The summed E-state index contributed by atoms with van der Waals surface area (Å²) in [6.07, 6.45) is 7.56. The molecule has 0 radical (unpaired) electrons. The Balaban J connectivity index is 1.57. The standard InChI is InChI=1S/C31H34N2O3/c1-31(2,36)29-13-8-24(19-32-29)27-5-3-4-23-18-26(35)11-12-28(23)30(27)22-6-9-25(10-7-22)33-16-14-21(20-34)15-17-33/h6-13,18-21,35-36H,3-5,14-17H2,1-2H3. The van der Waals surface area contributed by atoms with Crippen LogP contribution in [0.15, 0.2) is 60.8 Å². The van der Waals surface area contributed by atoms with Crippen molar-refractivity contribution in [2.24, 2.45) is 5.92 Å². The van der Waals surface area contributed by atoms with E-state index in [1.165, 1.54) is 16.8 Å². The summed E-state index contributed by atoms with van der Waals surface area (Å²) < 4.78 is 0. The van der Waals surface area contributed by atoms with E-state index in [2.05, 4.69) is 40.2 Å². The van der Waals surface area contributed by atoms with Gasteiger partial charge >= 0.3 is 0 Å². The van der Waals surface area contributed by atoms with Gasteiger partial charge in [-0.3, -0.25) is 4.98 Å². The molecule has 0 bridgehead atoms. The summed E-state index contributed by atoms with van der Waals surface area (Å²) in [7, 11) is 0. The van der Waals surface area contributed by atoms with E-state index in [4.69, 9.17) is 0 Å². The number of aromatic hydroxyl groups is 1. The lowest BCUT2D eigenvalue weighted by Crippen LogP contribution is -2.34. The van der Waals surface area contributed by atoms with Crippen LogP contribution < -0.4 is 4.90 Å². The number of carbonyl (C=O) groups is 1. The van der Waals surface area contributed by atoms with Gasteiger partial charge in [0.2, 0.25) is 0 Å². The fourth-order valence-electron chi connectivity index (χ4n) is 5.46. The molecule has 1 aromatic heterocycles. The van der Waals surface area contributed by atoms with Gasteiger partial charge in [-0.1, -0.05) is 24.3 Å². The number of carbonyl (C=O) groups excluding carboxylic acids is 1. The molecule has 36 heavy (non-hydrogen) atoms. The SMILES string of the molecule is CC(C)(O)c1ccc(C2=C(c3ccc(N4CCC(C=O)CC4)cc3)c3ccc(O)cc3CCC2)cn1. The van der Waals surface area contributed by atoms with Gasteiger partial charge in [-0.25, -0.2) is 0 Å². The fourth-order valence-corrected chi connectivity index (χ4v) is 5.46. The Hall–Kier alpha value is -3.44. The topological polar surface area (TPSA) is 73.7 Å². The Morgan fingerprint density at radius 1 is 0.972 bits per heavy atom. The van der Waals surface area contributed by atoms with E-state index >= 15 is 0 Å². The van der Waals surface area contributed by atoms with E-state index in [0.717, 1.165) is 73.7 Å². The summed E-state index contributed by atoms with van der Waals surface area (Å²) in [6.45, 7) is 5.30. The van der Waals surface area contributed by atoms with E-state index in [0.29, 0.717) is 11.4 Å². The third-order valence-electron chi connectivity index (χ3n) is 7.52. The van der Waals surface area contributed by atoms with Crippen LogP contribution in [-0.4, -0.2) is 34.6 Å². The maximum absolute atomic E-state index is 11.1. The van der Waals surface area contributed by atoms with Gasteiger partial charge in [-0.2, -0.15) is 0 Å². The zero-order chi connectivity index (χ0) is 25.3. The molecule has 3 aromatic rings. The molecule has 0 atom stereocenters. The zero-order valence-electron chi connectivity index (χ0n) is 21.1. The van der Waals surface area contributed by atoms with Crippen molar-refractivity contribution in [3.05, 3.63) is 88.7 Å². The smallest absolute Gasteiger partial charge is 0.123 e. The summed E-state index contributed by atoms with van der Waals surface area (Å²) in [4.78, 5) is 18.1. The third-order valence-corrected chi connectivity index (χ3v) is 7.52. The monoisotopic (exact) mass is 482 g/mol. The second-order valence-electron chi connectivity index (χ2n) is 10.5. The molecule has 0 saturated carbocycles. The molecule has 1 aliphatic carbocycles. The number of pyridine rings is 1. The molecule has 0 unspecified atom stereocenters. The predicted octanol–water partition coefficient (Wildman–Crippen LogP) is 5.73. The first-order valence-electron chi connectivity index (χ1n) is 12.9. The van der Waals surface area contributed by atoms with Crippen LogP contribution in [0.25, 0.3) is 11.1 Å². The fraction of sp³-hybridized carbons (Fsp3) is 0.355. The van der Waals surface area contributed by atoms with Crippen molar-refractivity contribution in [1.29, 1.82) is 0 Å². The van der Waals surface area contributed by atoms with Gasteiger partial charge in [-0.15, -0.1) is 0 Å². The number of aliphatic hydroxyl groups is 1. The lowest BCUT2D eigenvalue weighted by molar-refractivity contribution is -0.111. The van der Waals surface area contributed by atoms with Gasteiger partial charge in [0.15, 0.2) is 0 Å². The number of allylic oxidation sites excluding steroid dienone is 1. The number of nitrogens with zero attached hydrogens (tertiary/aromatic N) is 2. The lowest BCUT2D eigenvalue weighted by Gasteiger charge is -2.31. The van der Waals surface area contributed by atoms with Crippen molar-refractivity contribution < 1.29 is 15.0 Å². The van der Waals surface area contributed by atoms with Crippen LogP contribution in [-0.2, 0) is 16.8 Å².